The molecule has 2 aromatic rings. The van der Waals surface area contributed by atoms with E-state index in [1.807, 2.05) is 5.38 Å². The summed E-state index contributed by atoms with van der Waals surface area (Å²) in [5, 5.41) is 12.3. The van der Waals surface area contributed by atoms with Crippen molar-refractivity contribution in [3.63, 3.8) is 0 Å². The first-order chi connectivity index (χ1) is 6.66. The van der Waals surface area contributed by atoms with Gasteiger partial charge < -0.3 is 9.52 Å². The minimum Gasteiger partial charge on any atom is -0.451 e. The van der Waals surface area contributed by atoms with E-state index in [4.69, 9.17) is 4.42 Å². The number of rotatable bonds is 2. The Bertz CT molecular complexity index is 400. The van der Waals surface area contributed by atoms with Crippen molar-refractivity contribution in [1.29, 1.82) is 0 Å². The zero-order valence-corrected chi connectivity index (χ0v) is 10.8. The first kappa shape index (κ1) is 10.4. The fraction of sp³-hybridized carbons (Fsp3) is 0.125. The topological polar surface area (TPSA) is 46.3 Å². The lowest BCUT2D eigenvalue weighted by Crippen LogP contribution is -1.96. The maximum absolute atomic E-state index is 9.83. The normalized spacial score (nSPS) is 13.1. The number of nitrogens with zero attached hydrogens (tertiary/aromatic N) is 1. The van der Waals surface area contributed by atoms with Crippen LogP contribution in [0.15, 0.2) is 31.2 Å². The SMILES string of the molecule is OC(c1ccc(Br)o1)c1nc(Br)cs1. The molecule has 2 heterocycles. The molecule has 2 aromatic heterocycles. The van der Waals surface area contributed by atoms with Crippen LogP contribution in [-0.2, 0) is 0 Å². The Kier molecular flexibility index (Phi) is 3.06. The summed E-state index contributed by atoms with van der Waals surface area (Å²) in [5.74, 6) is 0.485. The van der Waals surface area contributed by atoms with E-state index < -0.39 is 6.10 Å². The van der Waals surface area contributed by atoms with Gasteiger partial charge in [0.05, 0.1) is 0 Å². The first-order valence-electron chi connectivity index (χ1n) is 3.71. The second kappa shape index (κ2) is 4.14. The van der Waals surface area contributed by atoms with Gasteiger partial charge in [0.2, 0.25) is 0 Å². The van der Waals surface area contributed by atoms with Crippen LogP contribution in [0.4, 0.5) is 0 Å². The third-order valence-electron chi connectivity index (χ3n) is 1.59. The van der Waals surface area contributed by atoms with Gasteiger partial charge in [0.1, 0.15) is 15.4 Å². The van der Waals surface area contributed by atoms with Crippen LogP contribution in [0.5, 0.6) is 0 Å². The van der Waals surface area contributed by atoms with Crippen LogP contribution < -0.4 is 0 Å². The maximum atomic E-state index is 9.83. The number of aromatic nitrogens is 1. The molecule has 1 unspecified atom stereocenters. The second-order valence-electron chi connectivity index (χ2n) is 2.55. The summed E-state index contributed by atoms with van der Waals surface area (Å²) in [6.07, 6.45) is -0.794. The van der Waals surface area contributed by atoms with Crippen molar-refractivity contribution in [1.82, 2.24) is 4.98 Å². The Morgan fingerprint density at radius 3 is 2.71 bits per heavy atom. The van der Waals surface area contributed by atoms with Gasteiger partial charge in [0.15, 0.2) is 10.8 Å². The van der Waals surface area contributed by atoms with Gasteiger partial charge >= 0.3 is 0 Å². The second-order valence-corrected chi connectivity index (χ2v) is 5.04. The Morgan fingerprint density at radius 1 is 1.43 bits per heavy atom. The van der Waals surface area contributed by atoms with Gasteiger partial charge in [-0.25, -0.2) is 4.98 Å². The molecule has 0 fully saturated rings. The van der Waals surface area contributed by atoms with Gasteiger partial charge in [-0.2, -0.15) is 0 Å². The van der Waals surface area contributed by atoms with Crippen molar-refractivity contribution in [2.75, 3.05) is 0 Å². The average molecular weight is 339 g/mol. The molecule has 0 aliphatic rings. The van der Waals surface area contributed by atoms with E-state index in [1.165, 1.54) is 11.3 Å². The summed E-state index contributed by atoms with van der Waals surface area (Å²) >= 11 is 7.78. The Hall–Kier alpha value is -0.170. The van der Waals surface area contributed by atoms with E-state index in [9.17, 15) is 5.11 Å². The van der Waals surface area contributed by atoms with Crippen LogP contribution in [-0.4, -0.2) is 10.1 Å². The van der Waals surface area contributed by atoms with Crippen molar-refractivity contribution in [2.24, 2.45) is 0 Å². The molecule has 0 aliphatic heterocycles. The molecule has 14 heavy (non-hydrogen) atoms. The van der Waals surface area contributed by atoms with E-state index in [2.05, 4.69) is 36.8 Å². The highest BCUT2D eigenvalue weighted by Gasteiger charge is 2.17. The highest BCUT2D eigenvalue weighted by molar-refractivity contribution is 9.10. The van der Waals surface area contributed by atoms with Crippen molar-refractivity contribution < 1.29 is 9.52 Å². The fourth-order valence-electron chi connectivity index (χ4n) is 0.989. The van der Waals surface area contributed by atoms with Crippen LogP contribution in [0.3, 0.4) is 0 Å². The lowest BCUT2D eigenvalue weighted by molar-refractivity contribution is 0.187. The first-order valence-corrected chi connectivity index (χ1v) is 6.17. The van der Waals surface area contributed by atoms with Crippen LogP contribution >= 0.6 is 43.2 Å². The van der Waals surface area contributed by atoms with Crippen molar-refractivity contribution in [3.05, 3.63) is 37.6 Å². The van der Waals surface area contributed by atoms with Gasteiger partial charge in [0, 0.05) is 5.38 Å². The molecule has 2 rings (SSSR count). The molecule has 6 heteroatoms. The van der Waals surface area contributed by atoms with Crippen LogP contribution in [0.25, 0.3) is 0 Å². The number of hydrogen-bond acceptors (Lipinski definition) is 4. The zero-order valence-electron chi connectivity index (χ0n) is 6.78. The van der Waals surface area contributed by atoms with Gasteiger partial charge in [-0.15, -0.1) is 11.3 Å². The molecule has 0 aromatic carbocycles. The minimum absolute atomic E-state index is 0.485. The number of thiazole rings is 1. The third kappa shape index (κ3) is 2.08. The van der Waals surface area contributed by atoms with Gasteiger partial charge in [-0.1, -0.05) is 0 Å². The molecule has 1 N–H and O–H groups in total. The van der Waals surface area contributed by atoms with Crippen molar-refractivity contribution >= 4 is 43.2 Å². The highest BCUT2D eigenvalue weighted by Crippen LogP contribution is 2.29. The van der Waals surface area contributed by atoms with Gasteiger partial charge in [0.25, 0.3) is 0 Å². The molecule has 3 nitrogen and oxygen atoms in total. The Labute approximate surface area is 101 Å². The fourth-order valence-corrected chi connectivity index (χ4v) is 2.56. The smallest absolute Gasteiger partial charge is 0.169 e. The molecule has 0 spiro atoms. The van der Waals surface area contributed by atoms with Crippen molar-refractivity contribution in [3.8, 4) is 0 Å². The van der Waals surface area contributed by atoms with Crippen molar-refractivity contribution in [2.45, 2.75) is 6.10 Å². The predicted molar refractivity (Wildman–Crippen MR) is 60.3 cm³/mol. The Balaban J connectivity index is 2.28. The molecule has 74 valence electrons. The van der Waals surface area contributed by atoms with E-state index >= 15 is 0 Å². The molecule has 1 atom stereocenters. The van der Waals surface area contributed by atoms with Gasteiger partial charge in [-0.3, -0.25) is 0 Å². The molecule has 0 radical (unpaired) electrons. The molecule has 0 bridgehead atoms. The minimum atomic E-state index is -0.794. The molecular formula is C8H5Br2NO2S. The van der Waals surface area contributed by atoms with Crippen LogP contribution in [0.1, 0.15) is 16.9 Å². The van der Waals surface area contributed by atoms with E-state index in [-0.39, 0.29) is 0 Å². The predicted octanol–water partition coefficient (Wildman–Crippen LogP) is 3.34. The zero-order chi connectivity index (χ0) is 10.1. The lowest BCUT2D eigenvalue weighted by atomic mass is 10.3. The number of furan rings is 1. The monoisotopic (exact) mass is 337 g/mol. The van der Waals surface area contributed by atoms with Gasteiger partial charge in [-0.05, 0) is 44.0 Å². The summed E-state index contributed by atoms with van der Waals surface area (Å²) in [7, 11) is 0. The van der Waals surface area contributed by atoms with E-state index in [0.29, 0.717) is 15.4 Å². The lowest BCUT2D eigenvalue weighted by Gasteiger charge is -2.02. The molecule has 0 saturated heterocycles. The molecule has 0 saturated carbocycles. The average Bonchev–Trinajstić information content (AvgIpc) is 2.73. The number of aliphatic hydroxyl groups is 1. The summed E-state index contributed by atoms with van der Waals surface area (Å²) in [4.78, 5) is 4.11. The number of hydrogen-bond donors (Lipinski definition) is 1. The molecular weight excluding hydrogens is 334 g/mol. The maximum Gasteiger partial charge on any atom is 0.169 e. The summed E-state index contributed by atoms with van der Waals surface area (Å²) in [5.41, 5.74) is 0. The molecule has 0 amide bonds. The Morgan fingerprint density at radius 2 is 2.21 bits per heavy atom. The van der Waals surface area contributed by atoms with Crippen LogP contribution in [0.2, 0.25) is 0 Å². The quantitative estimate of drug-likeness (QED) is 0.913. The summed E-state index contributed by atoms with van der Waals surface area (Å²) in [6, 6.07) is 3.45. The number of aliphatic hydroxyl groups excluding tert-OH is 1. The third-order valence-corrected chi connectivity index (χ3v) is 3.62. The summed E-state index contributed by atoms with van der Waals surface area (Å²) < 4.78 is 6.55. The molecule has 0 aliphatic carbocycles. The van der Waals surface area contributed by atoms with Crippen LogP contribution in [0, 0.1) is 0 Å². The number of halogens is 2. The standard InChI is InChI=1S/C8H5Br2NO2S/c9-5-3-14-8(11-5)7(12)4-1-2-6(10)13-4/h1-3,7,12H. The highest BCUT2D eigenvalue weighted by atomic mass is 79.9. The van der Waals surface area contributed by atoms with E-state index in [1.54, 1.807) is 12.1 Å². The largest absolute Gasteiger partial charge is 0.451 e. The van der Waals surface area contributed by atoms with E-state index in [0.717, 1.165) is 4.60 Å². The summed E-state index contributed by atoms with van der Waals surface area (Å²) in [6.45, 7) is 0.